The maximum atomic E-state index is 5.47. The van der Waals surface area contributed by atoms with Gasteiger partial charge in [0.1, 0.15) is 11.5 Å². The maximum Gasteiger partial charge on any atom is 0.240 e. The summed E-state index contributed by atoms with van der Waals surface area (Å²) in [5.74, 6) is 3.01. The molecule has 0 atom stereocenters. The first kappa shape index (κ1) is 16.4. The third-order valence-corrected chi connectivity index (χ3v) is 3.99. The monoisotopic (exact) mass is 349 g/mol. The van der Waals surface area contributed by atoms with Gasteiger partial charge in [-0.3, -0.25) is 4.90 Å². The molecule has 0 fully saturated rings. The summed E-state index contributed by atoms with van der Waals surface area (Å²) in [6.45, 7) is 1.78. The van der Waals surface area contributed by atoms with Crippen molar-refractivity contribution in [2.24, 2.45) is 0 Å². The molecule has 26 heavy (non-hydrogen) atoms. The van der Waals surface area contributed by atoms with Gasteiger partial charge in [-0.1, -0.05) is 35.5 Å². The summed E-state index contributed by atoms with van der Waals surface area (Å²) in [6.07, 6.45) is 4.00. The van der Waals surface area contributed by atoms with Gasteiger partial charge in [0, 0.05) is 6.42 Å². The molecule has 3 aromatic heterocycles. The first-order valence-electron chi connectivity index (χ1n) is 8.47. The van der Waals surface area contributed by atoms with Crippen molar-refractivity contribution < 1.29 is 13.4 Å². The fourth-order valence-electron chi connectivity index (χ4n) is 2.81. The Bertz CT molecular complexity index is 863. The Morgan fingerprint density at radius 2 is 1.46 bits per heavy atom. The average Bonchev–Trinajstić information content (AvgIpc) is 3.40. The molecule has 0 bridgehead atoms. The van der Waals surface area contributed by atoms with E-state index in [0.29, 0.717) is 37.8 Å². The van der Waals surface area contributed by atoms with Crippen LogP contribution in [-0.2, 0) is 26.1 Å². The van der Waals surface area contributed by atoms with Crippen LogP contribution in [0.25, 0.3) is 0 Å². The van der Waals surface area contributed by atoms with Crippen LogP contribution in [0.1, 0.15) is 28.8 Å². The second kappa shape index (κ2) is 7.84. The molecule has 0 unspecified atom stereocenters. The highest BCUT2D eigenvalue weighted by Gasteiger charge is 2.15. The van der Waals surface area contributed by atoms with E-state index < -0.39 is 0 Å². The summed E-state index contributed by atoms with van der Waals surface area (Å²) in [5, 5.41) is 4.10. The molecule has 0 saturated heterocycles. The largest absolute Gasteiger partial charge is 0.468 e. The van der Waals surface area contributed by atoms with Gasteiger partial charge in [-0.25, -0.2) is 0 Å². The van der Waals surface area contributed by atoms with Crippen LogP contribution in [-0.4, -0.2) is 15.0 Å². The SMILES string of the molecule is c1ccc(Cc2noc(CN(Cc3ccco3)Cc3ccco3)n2)cc1. The van der Waals surface area contributed by atoms with Crippen molar-refractivity contribution in [3.8, 4) is 0 Å². The van der Waals surface area contributed by atoms with E-state index in [4.69, 9.17) is 13.4 Å². The number of benzene rings is 1. The molecular weight excluding hydrogens is 330 g/mol. The van der Waals surface area contributed by atoms with E-state index in [0.717, 1.165) is 17.1 Å². The van der Waals surface area contributed by atoms with Crippen LogP contribution in [0.15, 0.2) is 80.5 Å². The van der Waals surface area contributed by atoms with Gasteiger partial charge in [-0.2, -0.15) is 4.98 Å². The van der Waals surface area contributed by atoms with Crippen molar-refractivity contribution in [3.63, 3.8) is 0 Å². The fraction of sp³-hybridized carbons (Fsp3) is 0.200. The second-order valence-corrected chi connectivity index (χ2v) is 6.07. The first-order chi connectivity index (χ1) is 12.8. The lowest BCUT2D eigenvalue weighted by Crippen LogP contribution is -2.22. The Labute approximate surface area is 151 Å². The van der Waals surface area contributed by atoms with Gasteiger partial charge in [0.2, 0.25) is 5.89 Å². The molecule has 4 aromatic rings. The summed E-state index contributed by atoms with van der Waals surface area (Å²) in [6, 6.07) is 17.8. The van der Waals surface area contributed by atoms with Gasteiger partial charge in [0.15, 0.2) is 5.82 Å². The summed E-state index contributed by atoms with van der Waals surface area (Å²) in [4.78, 5) is 6.66. The standard InChI is InChI=1S/C20H19N3O3/c1-2-6-16(7-3-1)12-19-21-20(26-22-19)15-23(13-17-8-4-10-24-17)14-18-9-5-11-25-18/h1-11H,12-15H2. The third-order valence-electron chi connectivity index (χ3n) is 3.99. The highest BCUT2D eigenvalue weighted by atomic mass is 16.5. The van der Waals surface area contributed by atoms with E-state index in [1.54, 1.807) is 12.5 Å². The number of rotatable bonds is 8. The zero-order chi connectivity index (χ0) is 17.6. The zero-order valence-electron chi connectivity index (χ0n) is 14.2. The Hall–Kier alpha value is -3.12. The van der Waals surface area contributed by atoms with Crippen LogP contribution >= 0.6 is 0 Å². The number of aromatic nitrogens is 2. The van der Waals surface area contributed by atoms with Gasteiger partial charge in [0.25, 0.3) is 0 Å². The van der Waals surface area contributed by atoms with E-state index in [1.165, 1.54) is 0 Å². The van der Waals surface area contributed by atoms with Crippen LogP contribution in [0.2, 0.25) is 0 Å². The van der Waals surface area contributed by atoms with Gasteiger partial charge >= 0.3 is 0 Å². The number of furan rings is 2. The van der Waals surface area contributed by atoms with Crippen molar-refractivity contribution in [2.45, 2.75) is 26.1 Å². The predicted octanol–water partition coefficient (Wildman–Crippen LogP) is 4.05. The molecule has 0 aliphatic heterocycles. The van der Waals surface area contributed by atoms with E-state index in [1.807, 2.05) is 42.5 Å². The topological polar surface area (TPSA) is 68.4 Å². The molecule has 0 amide bonds. The number of nitrogens with zero attached hydrogens (tertiary/aromatic N) is 3. The van der Waals surface area contributed by atoms with Gasteiger partial charge in [0.05, 0.1) is 32.2 Å². The quantitative estimate of drug-likeness (QED) is 0.478. The van der Waals surface area contributed by atoms with E-state index in [9.17, 15) is 0 Å². The predicted molar refractivity (Wildman–Crippen MR) is 93.9 cm³/mol. The highest BCUT2D eigenvalue weighted by Crippen LogP contribution is 2.15. The Balaban J connectivity index is 1.44. The van der Waals surface area contributed by atoms with E-state index >= 15 is 0 Å². The Kier molecular flexibility index (Phi) is 4.93. The molecule has 132 valence electrons. The lowest BCUT2D eigenvalue weighted by atomic mass is 10.1. The smallest absolute Gasteiger partial charge is 0.240 e. The molecule has 0 aliphatic rings. The van der Waals surface area contributed by atoms with Gasteiger partial charge < -0.3 is 13.4 Å². The van der Waals surface area contributed by atoms with Gasteiger partial charge in [-0.15, -0.1) is 0 Å². The number of hydrogen-bond donors (Lipinski definition) is 0. The highest BCUT2D eigenvalue weighted by molar-refractivity contribution is 5.18. The van der Waals surface area contributed by atoms with Crippen LogP contribution in [0.4, 0.5) is 0 Å². The minimum absolute atomic E-state index is 0.517. The summed E-state index contributed by atoms with van der Waals surface area (Å²) >= 11 is 0. The molecule has 0 spiro atoms. The summed E-state index contributed by atoms with van der Waals surface area (Å²) < 4.78 is 16.4. The third kappa shape index (κ3) is 4.29. The minimum Gasteiger partial charge on any atom is -0.468 e. The minimum atomic E-state index is 0.517. The molecule has 3 heterocycles. The average molecular weight is 349 g/mol. The lowest BCUT2D eigenvalue weighted by molar-refractivity contribution is 0.183. The van der Waals surface area contributed by atoms with Crippen molar-refractivity contribution >= 4 is 0 Å². The molecule has 0 saturated carbocycles. The second-order valence-electron chi connectivity index (χ2n) is 6.07. The fourth-order valence-corrected chi connectivity index (χ4v) is 2.81. The van der Waals surface area contributed by atoms with Crippen molar-refractivity contribution in [1.29, 1.82) is 0 Å². The normalized spacial score (nSPS) is 11.3. The van der Waals surface area contributed by atoms with Gasteiger partial charge in [-0.05, 0) is 29.8 Å². The van der Waals surface area contributed by atoms with Crippen LogP contribution in [0.5, 0.6) is 0 Å². The number of hydrogen-bond acceptors (Lipinski definition) is 6. The van der Waals surface area contributed by atoms with E-state index in [-0.39, 0.29) is 0 Å². The molecule has 0 N–H and O–H groups in total. The first-order valence-corrected chi connectivity index (χ1v) is 8.47. The van der Waals surface area contributed by atoms with Crippen molar-refractivity contribution in [1.82, 2.24) is 15.0 Å². The maximum absolute atomic E-state index is 5.47. The summed E-state index contributed by atoms with van der Waals surface area (Å²) in [5.41, 5.74) is 1.16. The molecular formula is C20H19N3O3. The van der Waals surface area contributed by atoms with Crippen LogP contribution in [0, 0.1) is 0 Å². The molecule has 4 rings (SSSR count). The lowest BCUT2D eigenvalue weighted by Gasteiger charge is -2.17. The molecule has 0 radical (unpaired) electrons. The van der Waals surface area contributed by atoms with Crippen LogP contribution < -0.4 is 0 Å². The van der Waals surface area contributed by atoms with Crippen molar-refractivity contribution in [3.05, 3.63) is 95.9 Å². The van der Waals surface area contributed by atoms with Crippen molar-refractivity contribution in [2.75, 3.05) is 0 Å². The van der Waals surface area contributed by atoms with E-state index in [2.05, 4.69) is 27.2 Å². The molecule has 6 nitrogen and oxygen atoms in total. The summed E-state index contributed by atoms with van der Waals surface area (Å²) in [7, 11) is 0. The Morgan fingerprint density at radius 1 is 0.769 bits per heavy atom. The Morgan fingerprint density at radius 3 is 2.08 bits per heavy atom. The molecule has 0 aliphatic carbocycles. The van der Waals surface area contributed by atoms with Crippen LogP contribution in [0.3, 0.4) is 0 Å². The molecule has 6 heteroatoms. The zero-order valence-corrected chi connectivity index (χ0v) is 14.2. The molecule has 1 aromatic carbocycles.